The molecule has 0 saturated carbocycles. The first kappa shape index (κ1) is 27.8. The molecule has 3 aromatic rings. The summed E-state index contributed by atoms with van der Waals surface area (Å²) in [6.45, 7) is 10.4. The monoisotopic (exact) mass is 466 g/mol. The molecule has 0 aliphatic carbocycles. The largest absolute Gasteiger partial charge is 0.382 e. The molecule has 0 aliphatic heterocycles. The van der Waals surface area contributed by atoms with Gasteiger partial charge >= 0.3 is 0 Å². The van der Waals surface area contributed by atoms with Crippen LogP contribution in [0.3, 0.4) is 0 Å². The summed E-state index contributed by atoms with van der Waals surface area (Å²) < 4.78 is 36.8. The van der Waals surface area contributed by atoms with Crippen molar-refractivity contribution in [3.05, 3.63) is 30.1 Å². The zero-order valence-electron chi connectivity index (χ0n) is 20.2. The fourth-order valence-corrected chi connectivity index (χ4v) is 2.54. The highest BCUT2D eigenvalue weighted by atomic mass is 19.3. The Morgan fingerprint density at radius 3 is 2.33 bits per heavy atom. The van der Waals surface area contributed by atoms with E-state index in [9.17, 15) is 13.2 Å². The third-order valence-corrected chi connectivity index (χ3v) is 4.06. The highest BCUT2D eigenvalue weighted by molar-refractivity contribution is 5.86. The molecule has 3 heterocycles. The second-order valence-corrected chi connectivity index (χ2v) is 7.32. The van der Waals surface area contributed by atoms with Crippen molar-refractivity contribution in [2.45, 2.75) is 60.1 Å². The smallest absolute Gasteiger partial charge is 0.243 e. The van der Waals surface area contributed by atoms with Gasteiger partial charge in [0.15, 0.2) is 5.82 Å². The SMILES string of the molecule is CC.CCC(F)F.CN=Nc1ccc(-c2ccn3nc(NCC(C)(C)F)nc(N)c23)nc1C. The zero-order chi connectivity index (χ0) is 25.2. The molecular formula is C22H33F3N8. The standard InChI is InChI=1S/C17H21FN8.C3H6F2.C2H6/c1-10-12(24-20-4)5-6-13(22-10)11-7-8-26-14(11)15(19)23-16(25-26)21-9-17(2,3)18;1-2-3(4)5;1-2/h5-8H,9H2,1-4H3,(H3,19,21,23,25);3H,2H2,1H3;1-2H3. The summed E-state index contributed by atoms with van der Waals surface area (Å²) in [5.41, 5.74) is 8.41. The van der Waals surface area contributed by atoms with Gasteiger partial charge in [0.1, 0.15) is 16.9 Å². The highest BCUT2D eigenvalue weighted by Gasteiger charge is 2.18. The molecule has 182 valence electrons. The number of nitrogens with two attached hydrogens (primary N) is 1. The molecule has 0 radical (unpaired) electrons. The molecule has 0 unspecified atom stereocenters. The van der Waals surface area contributed by atoms with Gasteiger partial charge in [-0.2, -0.15) is 15.2 Å². The molecule has 0 bridgehead atoms. The second kappa shape index (κ2) is 12.7. The van der Waals surface area contributed by atoms with Gasteiger partial charge in [0, 0.05) is 25.2 Å². The number of nitrogens with zero attached hydrogens (tertiary/aromatic N) is 6. The van der Waals surface area contributed by atoms with Crippen LogP contribution in [-0.2, 0) is 0 Å². The van der Waals surface area contributed by atoms with Crippen LogP contribution >= 0.6 is 0 Å². The van der Waals surface area contributed by atoms with Crippen LogP contribution in [0.4, 0.5) is 30.6 Å². The molecule has 33 heavy (non-hydrogen) atoms. The first-order valence-electron chi connectivity index (χ1n) is 10.7. The molecule has 0 saturated heterocycles. The lowest BCUT2D eigenvalue weighted by atomic mass is 10.1. The van der Waals surface area contributed by atoms with Crippen molar-refractivity contribution in [1.29, 1.82) is 0 Å². The summed E-state index contributed by atoms with van der Waals surface area (Å²) >= 11 is 0. The Kier molecular flexibility index (Phi) is 10.7. The van der Waals surface area contributed by atoms with Crippen molar-refractivity contribution in [1.82, 2.24) is 19.6 Å². The first-order chi connectivity index (χ1) is 15.6. The number of aromatic nitrogens is 4. The Morgan fingerprint density at radius 2 is 1.82 bits per heavy atom. The van der Waals surface area contributed by atoms with Crippen LogP contribution < -0.4 is 11.1 Å². The fraction of sp³-hybridized carbons (Fsp3) is 0.500. The molecule has 0 amide bonds. The van der Waals surface area contributed by atoms with Crippen LogP contribution in [0.5, 0.6) is 0 Å². The van der Waals surface area contributed by atoms with Crippen molar-refractivity contribution in [2.24, 2.45) is 10.2 Å². The van der Waals surface area contributed by atoms with Gasteiger partial charge in [0.2, 0.25) is 12.4 Å². The number of nitrogens with one attached hydrogen (secondary N) is 1. The van der Waals surface area contributed by atoms with Crippen molar-refractivity contribution >= 4 is 23.0 Å². The number of fused-ring (bicyclic) bond motifs is 1. The molecule has 0 fully saturated rings. The summed E-state index contributed by atoms with van der Waals surface area (Å²) in [5, 5.41) is 15.0. The molecular weight excluding hydrogens is 433 g/mol. The summed E-state index contributed by atoms with van der Waals surface area (Å²) in [7, 11) is 1.61. The van der Waals surface area contributed by atoms with Crippen molar-refractivity contribution in [2.75, 3.05) is 24.6 Å². The third kappa shape index (κ3) is 8.32. The van der Waals surface area contributed by atoms with Crippen LogP contribution in [0.1, 0.15) is 46.7 Å². The zero-order valence-corrected chi connectivity index (χ0v) is 20.2. The lowest BCUT2D eigenvalue weighted by Gasteiger charge is -2.15. The van der Waals surface area contributed by atoms with Gasteiger partial charge in [0.05, 0.1) is 17.9 Å². The predicted octanol–water partition coefficient (Wildman–Crippen LogP) is 6.24. The Bertz CT molecular complexity index is 1040. The maximum absolute atomic E-state index is 13.7. The van der Waals surface area contributed by atoms with E-state index in [1.807, 2.05) is 39.0 Å². The van der Waals surface area contributed by atoms with Crippen LogP contribution in [0.15, 0.2) is 34.6 Å². The molecule has 3 N–H and O–H groups in total. The van der Waals surface area contributed by atoms with E-state index >= 15 is 0 Å². The van der Waals surface area contributed by atoms with E-state index in [-0.39, 0.29) is 24.7 Å². The Labute approximate surface area is 192 Å². The van der Waals surface area contributed by atoms with Gasteiger partial charge in [-0.25, -0.2) is 17.7 Å². The van der Waals surface area contributed by atoms with E-state index in [0.29, 0.717) is 11.2 Å². The predicted molar refractivity (Wildman–Crippen MR) is 127 cm³/mol. The van der Waals surface area contributed by atoms with E-state index < -0.39 is 12.1 Å². The lowest BCUT2D eigenvalue weighted by Crippen LogP contribution is -2.25. The van der Waals surface area contributed by atoms with Crippen LogP contribution in [0.25, 0.3) is 16.8 Å². The van der Waals surface area contributed by atoms with Gasteiger partial charge in [0.25, 0.3) is 0 Å². The van der Waals surface area contributed by atoms with Gasteiger partial charge in [-0.05, 0) is 39.0 Å². The molecule has 11 heteroatoms. The quantitative estimate of drug-likeness (QED) is 0.418. The summed E-state index contributed by atoms with van der Waals surface area (Å²) in [5.74, 6) is 0.557. The number of hydrogen-bond donors (Lipinski definition) is 2. The Morgan fingerprint density at radius 1 is 1.18 bits per heavy atom. The molecule has 3 aromatic heterocycles. The number of aryl methyl sites for hydroxylation is 1. The Balaban J connectivity index is 0.000000689. The number of azo groups is 1. The number of hydrogen-bond acceptors (Lipinski definition) is 7. The third-order valence-electron chi connectivity index (χ3n) is 4.06. The Hall–Kier alpha value is -3.24. The normalized spacial score (nSPS) is 11.2. The molecule has 3 rings (SSSR count). The topological polar surface area (TPSA) is 106 Å². The summed E-state index contributed by atoms with van der Waals surface area (Å²) in [4.78, 5) is 8.81. The number of rotatable bonds is 6. The maximum atomic E-state index is 13.7. The van der Waals surface area contributed by atoms with E-state index in [2.05, 4.69) is 30.6 Å². The number of halogens is 3. The molecule has 0 aliphatic rings. The van der Waals surface area contributed by atoms with Gasteiger partial charge in [-0.3, -0.25) is 4.98 Å². The van der Waals surface area contributed by atoms with Crippen molar-refractivity contribution in [3.63, 3.8) is 0 Å². The van der Waals surface area contributed by atoms with Crippen LogP contribution in [0.2, 0.25) is 0 Å². The van der Waals surface area contributed by atoms with E-state index in [1.54, 1.807) is 17.8 Å². The number of anilines is 2. The van der Waals surface area contributed by atoms with Gasteiger partial charge in [-0.15, -0.1) is 5.10 Å². The molecule has 0 spiro atoms. The minimum atomic E-state index is -2.12. The summed E-state index contributed by atoms with van der Waals surface area (Å²) in [6.07, 6.45) is -0.375. The molecule has 0 atom stereocenters. The average molecular weight is 467 g/mol. The number of nitrogen functional groups attached to an aromatic ring is 1. The van der Waals surface area contributed by atoms with Gasteiger partial charge in [-0.1, -0.05) is 20.8 Å². The maximum Gasteiger partial charge on any atom is 0.243 e. The minimum absolute atomic E-state index is 0.0278. The lowest BCUT2D eigenvalue weighted by molar-refractivity contribution is 0.144. The summed E-state index contributed by atoms with van der Waals surface area (Å²) in [6, 6.07) is 5.57. The molecule has 0 aromatic carbocycles. The average Bonchev–Trinajstić information content (AvgIpc) is 3.20. The number of pyridine rings is 1. The van der Waals surface area contributed by atoms with Crippen molar-refractivity contribution < 1.29 is 13.2 Å². The van der Waals surface area contributed by atoms with Gasteiger partial charge < -0.3 is 11.1 Å². The van der Waals surface area contributed by atoms with Crippen LogP contribution in [-0.4, -0.2) is 45.3 Å². The first-order valence-corrected chi connectivity index (χ1v) is 10.7. The van der Waals surface area contributed by atoms with E-state index in [0.717, 1.165) is 17.0 Å². The van der Waals surface area contributed by atoms with E-state index in [1.165, 1.54) is 20.8 Å². The fourth-order valence-electron chi connectivity index (χ4n) is 2.54. The minimum Gasteiger partial charge on any atom is -0.382 e. The van der Waals surface area contributed by atoms with Crippen molar-refractivity contribution in [3.8, 4) is 11.3 Å². The number of alkyl halides is 3. The molecule has 8 nitrogen and oxygen atoms in total. The van der Waals surface area contributed by atoms with Crippen LogP contribution in [0, 0.1) is 6.92 Å². The highest BCUT2D eigenvalue weighted by Crippen LogP contribution is 2.30. The second-order valence-electron chi connectivity index (χ2n) is 7.32. The van der Waals surface area contributed by atoms with E-state index in [4.69, 9.17) is 5.73 Å².